The Morgan fingerprint density at radius 2 is 0.709 bits per heavy atom. The summed E-state index contributed by atoms with van der Waals surface area (Å²) >= 11 is 0. The summed E-state index contributed by atoms with van der Waals surface area (Å²) < 4.78 is 0. The van der Waals surface area contributed by atoms with Crippen LogP contribution in [0, 0.1) is 0 Å². The first-order chi connectivity index (χ1) is 26.0. The highest BCUT2D eigenvalue weighted by Gasteiger charge is 2.29. The molecular weight excluding hydrogens is 732 g/mol. The topological polar surface area (TPSA) is 376 Å². The minimum absolute atomic E-state index is 0.0145. The fourth-order valence-electron chi connectivity index (χ4n) is 4.87. The van der Waals surface area contributed by atoms with Crippen molar-refractivity contribution in [3.05, 3.63) is 0 Å². The van der Waals surface area contributed by atoms with Crippen LogP contribution in [0.25, 0.3) is 0 Å². The Kier molecular flexibility index (Phi) is 26.2. The number of amides is 6. The third kappa shape index (κ3) is 25.3. The molecular formula is C33H56N8O14. The Labute approximate surface area is 317 Å². The Morgan fingerprint density at radius 1 is 0.382 bits per heavy atom. The van der Waals surface area contributed by atoms with E-state index in [0.29, 0.717) is 38.8 Å². The Morgan fingerprint density at radius 3 is 1.02 bits per heavy atom. The second-order valence-corrected chi connectivity index (χ2v) is 12.5. The van der Waals surface area contributed by atoms with Gasteiger partial charge in [-0.25, -0.2) is 0 Å². The van der Waals surface area contributed by atoms with Crippen molar-refractivity contribution in [1.82, 2.24) is 31.9 Å². The number of nitrogens with one attached hydrogen (secondary N) is 6. The number of hydrogen-bond acceptors (Lipinski definition) is 12. The fraction of sp³-hybridized carbons (Fsp3) is 0.697. The number of nitrogens with two attached hydrogens (primary N) is 2. The summed E-state index contributed by atoms with van der Waals surface area (Å²) in [5.41, 5.74) is 11.1. The molecule has 0 bridgehead atoms. The normalized spacial score (nSPS) is 12.8. The van der Waals surface area contributed by atoms with Crippen molar-refractivity contribution >= 4 is 59.3 Å². The molecule has 0 heterocycles. The highest BCUT2D eigenvalue weighted by molar-refractivity contribution is 5.94. The molecule has 0 unspecified atom stereocenters. The average Bonchev–Trinajstić information content (AvgIpc) is 3.11. The molecule has 0 aromatic rings. The van der Waals surface area contributed by atoms with Crippen molar-refractivity contribution in [3.8, 4) is 0 Å². The lowest BCUT2D eigenvalue weighted by molar-refractivity contribution is -0.140. The summed E-state index contributed by atoms with van der Waals surface area (Å²) in [6.45, 7) is 0.642. The van der Waals surface area contributed by atoms with Gasteiger partial charge >= 0.3 is 23.9 Å². The molecule has 0 saturated heterocycles. The van der Waals surface area contributed by atoms with Crippen LogP contribution in [-0.4, -0.2) is 130 Å². The number of carboxylic acids is 4. The predicted octanol–water partition coefficient (Wildman–Crippen LogP) is -2.73. The van der Waals surface area contributed by atoms with E-state index in [1.54, 1.807) is 0 Å². The maximum absolute atomic E-state index is 13.1. The molecule has 22 nitrogen and oxygen atoms in total. The number of unbranched alkanes of at least 4 members (excludes halogenated alkanes) is 2. The smallest absolute Gasteiger partial charge is 0.303 e. The molecule has 0 aliphatic carbocycles. The van der Waals surface area contributed by atoms with Gasteiger partial charge in [-0.3, -0.25) is 47.9 Å². The van der Waals surface area contributed by atoms with E-state index in [1.807, 2.05) is 0 Å². The number of hydrogen-bond donors (Lipinski definition) is 12. The lowest BCUT2D eigenvalue weighted by Gasteiger charge is -2.23. The molecule has 22 heteroatoms. The Bertz CT molecular complexity index is 1220. The lowest BCUT2D eigenvalue weighted by atomic mass is 10.1. The highest BCUT2D eigenvalue weighted by Crippen LogP contribution is 2.07. The lowest BCUT2D eigenvalue weighted by Crippen LogP contribution is -2.54. The maximum Gasteiger partial charge on any atom is 0.303 e. The molecule has 0 spiro atoms. The van der Waals surface area contributed by atoms with E-state index in [2.05, 4.69) is 31.9 Å². The van der Waals surface area contributed by atoms with Gasteiger partial charge in [0.15, 0.2) is 0 Å². The van der Waals surface area contributed by atoms with Crippen LogP contribution in [0.5, 0.6) is 0 Å². The zero-order valence-corrected chi connectivity index (χ0v) is 30.8. The van der Waals surface area contributed by atoms with E-state index in [0.717, 1.165) is 0 Å². The monoisotopic (exact) mass is 788 g/mol. The molecule has 0 aromatic carbocycles. The number of carboxylic acid groups (broad SMARTS) is 4. The molecule has 0 aliphatic rings. The van der Waals surface area contributed by atoms with Crippen molar-refractivity contribution < 1.29 is 68.4 Å². The van der Waals surface area contributed by atoms with Crippen LogP contribution < -0.4 is 43.4 Å². The molecule has 0 radical (unpaired) electrons. The van der Waals surface area contributed by atoms with Crippen LogP contribution in [0.4, 0.5) is 0 Å². The predicted molar refractivity (Wildman–Crippen MR) is 192 cm³/mol. The summed E-state index contributed by atoms with van der Waals surface area (Å²) in [7, 11) is 0. The number of carbonyl (C=O) groups excluding carboxylic acids is 6. The van der Waals surface area contributed by atoms with E-state index in [-0.39, 0.29) is 45.2 Å². The first-order valence-electron chi connectivity index (χ1n) is 18.0. The first kappa shape index (κ1) is 49.6. The molecule has 6 amide bonds. The minimum Gasteiger partial charge on any atom is -0.481 e. The van der Waals surface area contributed by atoms with Gasteiger partial charge in [0.2, 0.25) is 35.4 Å². The van der Waals surface area contributed by atoms with Crippen molar-refractivity contribution in [2.45, 2.75) is 120 Å². The van der Waals surface area contributed by atoms with Crippen molar-refractivity contribution in [2.75, 3.05) is 26.2 Å². The van der Waals surface area contributed by atoms with Gasteiger partial charge in [0.1, 0.15) is 24.2 Å². The van der Waals surface area contributed by atoms with Crippen LogP contribution in [-0.2, 0) is 47.9 Å². The van der Waals surface area contributed by atoms with Gasteiger partial charge < -0.3 is 63.8 Å². The van der Waals surface area contributed by atoms with Crippen LogP contribution >= 0.6 is 0 Å². The molecule has 0 aromatic heterocycles. The second kappa shape index (κ2) is 29.0. The molecule has 4 atom stereocenters. The van der Waals surface area contributed by atoms with Crippen molar-refractivity contribution in [2.24, 2.45) is 11.5 Å². The number of rotatable bonds is 32. The van der Waals surface area contributed by atoms with Gasteiger partial charge in [-0.1, -0.05) is 0 Å². The van der Waals surface area contributed by atoms with Crippen LogP contribution in [0.2, 0.25) is 0 Å². The SMILES string of the molecule is NCCCC[C@H](NC(=O)[C@H](CCC(=O)O)NC(=O)CCC(=O)O)C(=O)NCCCNC(=O)[C@H](CCCCN)NC(=O)[C@H](CCC(=O)O)NC(=O)CCC(=O)O. The zero-order valence-electron chi connectivity index (χ0n) is 30.8. The van der Waals surface area contributed by atoms with E-state index in [1.165, 1.54) is 0 Å². The Balaban J connectivity index is 5.47. The van der Waals surface area contributed by atoms with E-state index in [4.69, 9.17) is 31.9 Å². The van der Waals surface area contributed by atoms with Gasteiger partial charge in [0, 0.05) is 38.8 Å². The maximum atomic E-state index is 13.1. The fourth-order valence-corrected chi connectivity index (χ4v) is 4.87. The number of carbonyl (C=O) groups is 10. The minimum atomic E-state index is -1.36. The van der Waals surface area contributed by atoms with E-state index in [9.17, 15) is 47.9 Å². The number of aliphatic carboxylic acids is 4. The Hall–Kier alpha value is -5.38. The molecule has 312 valence electrons. The third-order valence-electron chi connectivity index (χ3n) is 7.84. The van der Waals surface area contributed by atoms with Gasteiger partial charge in [-0.05, 0) is 70.9 Å². The average molecular weight is 789 g/mol. The van der Waals surface area contributed by atoms with Gasteiger partial charge in [-0.15, -0.1) is 0 Å². The van der Waals surface area contributed by atoms with E-state index >= 15 is 0 Å². The molecule has 14 N–H and O–H groups in total. The summed E-state index contributed by atoms with van der Waals surface area (Å²) in [6.07, 6.45) is -1.23. The molecule has 0 fully saturated rings. The van der Waals surface area contributed by atoms with Gasteiger partial charge in [0.25, 0.3) is 0 Å². The van der Waals surface area contributed by atoms with E-state index < -0.39 is 122 Å². The summed E-state index contributed by atoms with van der Waals surface area (Å²) in [6, 6.07) is -4.96. The standard InChI is InChI=1S/C33H56N8O14/c34-16-3-1-6-20(40-32(54)22(8-12-26(44)45)38-24(42)10-14-28(48)49)30(52)36-18-5-19-37-31(53)21(7-2-4-17-35)41-33(55)23(9-13-27(46)47)39-25(43)11-15-29(50)51/h20-23H,1-19,34-35H2,(H,36,52)(H,37,53)(H,38,42)(H,39,43)(H,40,54)(H,41,55)(H,44,45)(H,46,47)(H,48,49)(H,50,51)/t20-,21-,22-,23-/m0/s1. The summed E-state index contributed by atoms with van der Waals surface area (Å²) in [5, 5.41) is 50.7. The van der Waals surface area contributed by atoms with Crippen LogP contribution in [0.15, 0.2) is 0 Å². The first-order valence-corrected chi connectivity index (χ1v) is 18.0. The molecule has 0 saturated carbocycles. The summed E-state index contributed by atoms with van der Waals surface area (Å²) in [4.78, 5) is 121. The zero-order chi connectivity index (χ0) is 41.8. The largest absolute Gasteiger partial charge is 0.481 e. The third-order valence-corrected chi connectivity index (χ3v) is 7.84. The second-order valence-electron chi connectivity index (χ2n) is 12.5. The van der Waals surface area contributed by atoms with Crippen LogP contribution in [0.3, 0.4) is 0 Å². The summed E-state index contributed by atoms with van der Waals surface area (Å²) in [5.74, 6) is -9.50. The van der Waals surface area contributed by atoms with Crippen molar-refractivity contribution in [3.63, 3.8) is 0 Å². The van der Waals surface area contributed by atoms with Crippen LogP contribution in [0.1, 0.15) is 96.3 Å². The highest BCUT2D eigenvalue weighted by atomic mass is 16.4. The molecule has 0 aliphatic heterocycles. The molecule has 55 heavy (non-hydrogen) atoms. The quantitative estimate of drug-likeness (QED) is 0.0308. The van der Waals surface area contributed by atoms with Gasteiger partial charge in [0.05, 0.1) is 12.8 Å². The molecule has 0 rings (SSSR count). The van der Waals surface area contributed by atoms with Crippen molar-refractivity contribution in [1.29, 1.82) is 0 Å². The van der Waals surface area contributed by atoms with Gasteiger partial charge in [-0.2, -0.15) is 0 Å².